The summed E-state index contributed by atoms with van der Waals surface area (Å²) >= 11 is 1.31. The molecule has 2 saturated heterocycles. The molecular weight excluding hydrogens is 385 g/mol. The molecule has 6 heteroatoms. The van der Waals surface area contributed by atoms with Gasteiger partial charge in [0, 0.05) is 24.7 Å². The standard InChI is InChI=1S/C23H30FN3OS/c1-16-7-8-19(20(24)15-16)22-25-17(2)21(29-22)23(28)27-13-9-18(10-14-27)26-11-5-3-4-6-12-26/h7-8,15,18H,3-6,9-14H2,1-2H3. The summed E-state index contributed by atoms with van der Waals surface area (Å²) < 4.78 is 14.3. The van der Waals surface area contributed by atoms with E-state index in [0.29, 0.717) is 27.2 Å². The van der Waals surface area contributed by atoms with Gasteiger partial charge in [-0.05, 0) is 70.3 Å². The van der Waals surface area contributed by atoms with Crippen molar-refractivity contribution in [2.24, 2.45) is 0 Å². The molecule has 1 aromatic heterocycles. The zero-order valence-corrected chi connectivity index (χ0v) is 18.2. The van der Waals surface area contributed by atoms with Crippen molar-refractivity contribution in [1.29, 1.82) is 0 Å². The number of rotatable bonds is 3. The number of carbonyl (C=O) groups excluding carboxylic acids is 1. The fourth-order valence-corrected chi connectivity index (χ4v) is 5.60. The van der Waals surface area contributed by atoms with E-state index in [-0.39, 0.29) is 11.7 Å². The molecule has 2 aromatic rings. The molecular formula is C23H30FN3OS. The Morgan fingerprint density at radius 1 is 1.07 bits per heavy atom. The Morgan fingerprint density at radius 2 is 1.76 bits per heavy atom. The van der Waals surface area contributed by atoms with E-state index in [4.69, 9.17) is 0 Å². The van der Waals surface area contributed by atoms with Crippen molar-refractivity contribution in [2.45, 2.75) is 58.4 Å². The van der Waals surface area contributed by atoms with Crippen LogP contribution in [-0.2, 0) is 0 Å². The van der Waals surface area contributed by atoms with E-state index in [1.165, 1.54) is 56.2 Å². The molecule has 1 aromatic carbocycles. The van der Waals surface area contributed by atoms with Crippen LogP contribution >= 0.6 is 11.3 Å². The van der Waals surface area contributed by atoms with Crippen LogP contribution in [0.15, 0.2) is 18.2 Å². The molecule has 2 fully saturated rings. The van der Waals surface area contributed by atoms with Crippen LogP contribution in [-0.4, -0.2) is 52.9 Å². The lowest BCUT2D eigenvalue weighted by Crippen LogP contribution is -2.47. The number of thiazole rings is 1. The first-order valence-electron chi connectivity index (χ1n) is 10.8. The number of hydrogen-bond acceptors (Lipinski definition) is 4. The lowest BCUT2D eigenvalue weighted by atomic mass is 10.0. The molecule has 0 bridgehead atoms. The zero-order valence-electron chi connectivity index (χ0n) is 17.4. The van der Waals surface area contributed by atoms with Crippen LogP contribution < -0.4 is 0 Å². The van der Waals surface area contributed by atoms with E-state index in [9.17, 15) is 9.18 Å². The zero-order chi connectivity index (χ0) is 20.4. The first-order chi connectivity index (χ1) is 14.0. The van der Waals surface area contributed by atoms with Gasteiger partial charge in [0.05, 0.1) is 5.69 Å². The van der Waals surface area contributed by atoms with Crippen molar-refractivity contribution in [1.82, 2.24) is 14.8 Å². The molecule has 0 saturated carbocycles. The summed E-state index contributed by atoms with van der Waals surface area (Å²) in [6.07, 6.45) is 7.39. The number of likely N-dealkylation sites (tertiary alicyclic amines) is 2. The third kappa shape index (κ3) is 4.53. The second-order valence-corrected chi connectivity index (χ2v) is 9.39. The van der Waals surface area contributed by atoms with Crippen molar-refractivity contribution in [2.75, 3.05) is 26.2 Å². The SMILES string of the molecule is Cc1ccc(-c2nc(C)c(C(=O)N3CCC(N4CCCCCC4)CC3)s2)c(F)c1. The molecule has 156 valence electrons. The minimum absolute atomic E-state index is 0.0492. The van der Waals surface area contributed by atoms with Crippen molar-refractivity contribution >= 4 is 17.2 Å². The predicted octanol–water partition coefficient (Wildman–Crippen LogP) is 5.05. The topological polar surface area (TPSA) is 36.4 Å². The Bertz CT molecular complexity index is 865. The van der Waals surface area contributed by atoms with Crippen molar-refractivity contribution in [3.05, 3.63) is 40.2 Å². The number of nitrogens with zero attached hydrogens (tertiary/aromatic N) is 3. The average Bonchev–Trinajstić information content (AvgIpc) is 2.92. The molecule has 0 unspecified atom stereocenters. The van der Waals surface area contributed by atoms with E-state index in [1.807, 2.05) is 24.8 Å². The van der Waals surface area contributed by atoms with Crippen LogP contribution in [0.2, 0.25) is 0 Å². The number of piperidine rings is 1. The van der Waals surface area contributed by atoms with Gasteiger partial charge >= 0.3 is 0 Å². The first-order valence-corrected chi connectivity index (χ1v) is 11.6. The van der Waals surface area contributed by atoms with Gasteiger partial charge in [0.2, 0.25) is 0 Å². The second-order valence-electron chi connectivity index (χ2n) is 8.39. The van der Waals surface area contributed by atoms with Gasteiger partial charge in [-0.15, -0.1) is 11.3 Å². The molecule has 0 spiro atoms. The normalized spacial score (nSPS) is 19.3. The van der Waals surface area contributed by atoms with Gasteiger partial charge in [0.25, 0.3) is 5.91 Å². The van der Waals surface area contributed by atoms with Crippen LogP contribution in [0.1, 0.15) is 59.5 Å². The van der Waals surface area contributed by atoms with Gasteiger partial charge in [-0.3, -0.25) is 4.79 Å². The Balaban J connectivity index is 1.43. The van der Waals surface area contributed by atoms with Crippen molar-refractivity contribution < 1.29 is 9.18 Å². The summed E-state index contributed by atoms with van der Waals surface area (Å²) in [5.74, 6) is -0.232. The number of aromatic nitrogens is 1. The maximum absolute atomic E-state index is 14.3. The first kappa shape index (κ1) is 20.5. The van der Waals surface area contributed by atoms with E-state index < -0.39 is 0 Å². The van der Waals surface area contributed by atoms with Gasteiger partial charge in [0.15, 0.2) is 0 Å². The fraction of sp³-hybridized carbons (Fsp3) is 0.565. The smallest absolute Gasteiger partial charge is 0.265 e. The van der Waals surface area contributed by atoms with Crippen LogP contribution in [0.5, 0.6) is 0 Å². The summed E-state index contributed by atoms with van der Waals surface area (Å²) in [5.41, 5.74) is 2.05. The highest BCUT2D eigenvalue weighted by Crippen LogP contribution is 2.32. The molecule has 0 radical (unpaired) electrons. The maximum Gasteiger partial charge on any atom is 0.265 e. The molecule has 2 aliphatic heterocycles. The molecule has 4 nitrogen and oxygen atoms in total. The Labute approximate surface area is 176 Å². The predicted molar refractivity (Wildman–Crippen MR) is 116 cm³/mol. The van der Waals surface area contributed by atoms with Gasteiger partial charge in [-0.1, -0.05) is 18.9 Å². The summed E-state index contributed by atoms with van der Waals surface area (Å²) in [5, 5.41) is 0.586. The molecule has 29 heavy (non-hydrogen) atoms. The summed E-state index contributed by atoms with van der Waals surface area (Å²) in [7, 11) is 0. The number of aryl methyl sites for hydroxylation is 2. The number of amides is 1. The monoisotopic (exact) mass is 415 g/mol. The summed E-state index contributed by atoms with van der Waals surface area (Å²) in [4.78, 5) is 22.9. The van der Waals surface area contributed by atoms with E-state index in [2.05, 4.69) is 9.88 Å². The Hall–Kier alpha value is -1.79. The highest BCUT2D eigenvalue weighted by molar-refractivity contribution is 7.17. The number of carbonyl (C=O) groups is 1. The lowest BCUT2D eigenvalue weighted by Gasteiger charge is -2.38. The van der Waals surface area contributed by atoms with Crippen LogP contribution in [0.25, 0.3) is 10.6 Å². The van der Waals surface area contributed by atoms with Crippen molar-refractivity contribution in [3.63, 3.8) is 0 Å². The van der Waals surface area contributed by atoms with Gasteiger partial charge in [-0.2, -0.15) is 0 Å². The third-order valence-electron chi connectivity index (χ3n) is 6.25. The number of hydrogen-bond donors (Lipinski definition) is 0. The average molecular weight is 416 g/mol. The highest BCUT2D eigenvalue weighted by Gasteiger charge is 2.29. The van der Waals surface area contributed by atoms with E-state index in [0.717, 1.165) is 31.5 Å². The molecule has 0 aliphatic carbocycles. The third-order valence-corrected chi connectivity index (χ3v) is 7.43. The van der Waals surface area contributed by atoms with Crippen LogP contribution in [0.3, 0.4) is 0 Å². The molecule has 3 heterocycles. The van der Waals surface area contributed by atoms with Gasteiger partial charge < -0.3 is 9.80 Å². The summed E-state index contributed by atoms with van der Waals surface area (Å²) in [6.45, 7) is 7.72. The van der Waals surface area contributed by atoms with E-state index >= 15 is 0 Å². The Kier molecular flexibility index (Phi) is 6.30. The van der Waals surface area contributed by atoms with Crippen LogP contribution in [0.4, 0.5) is 4.39 Å². The number of benzene rings is 1. The van der Waals surface area contributed by atoms with E-state index in [1.54, 1.807) is 6.07 Å². The molecule has 2 aliphatic rings. The maximum atomic E-state index is 14.3. The van der Waals surface area contributed by atoms with Gasteiger partial charge in [-0.25, -0.2) is 9.37 Å². The van der Waals surface area contributed by atoms with Crippen LogP contribution in [0, 0.1) is 19.7 Å². The fourth-order valence-electron chi connectivity index (χ4n) is 4.54. The molecule has 0 atom stereocenters. The molecule has 1 amide bonds. The largest absolute Gasteiger partial charge is 0.338 e. The summed E-state index contributed by atoms with van der Waals surface area (Å²) in [6, 6.07) is 5.76. The quantitative estimate of drug-likeness (QED) is 0.704. The molecule has 4 rings (SSSR count). The molecule has 0 N–H and O–H groups in total. The Morgan fingerprint density at radius 3 is 2.41 bits per heavy atom. The number of halogens is 1. The minimum Gasteiger partial charge on any atom is -0.338 e. The lowest BCUT2D eigenvalue weighted by molar-refractivity contribution is 0.0626. The van der Waals surface area contributed by atoms with Gasteiger partial charge in [0.1, 0.15) is 15.7 Å². The second kappa shape index (κ2) is 8.92. The minimum atomic E-state index is -0.281. The highest BCUT2D eigenvalue weighted by atomic mass is 32.1. The van der Waals surface area contributed by atoms with Crippen molar-refractivity contribution in [3.8, 4) is 10.6 Å².